The number of ether oxygens (including phenoxy) is 2. The summed E-state index contributed by atoms with van der Waals surface area (Å²) in [5.41, 5.74) is 1.24. The van der Waals surface area contributed by atoms with E-state index in [4.69, 9.17) is 9.47 Å². The molecule has 124 valence electrons. The molecule has 2 saturated heterocycles. The van der Waals surface area contributed by atoms with E-state index in [2.05, 4.69) is 26.8 Å². The SMILES string of the molecule is c1cnn(C[C@@H]2CC[C@]3(COCCN(Cc4ccsc4)C3)O2)c1. The molecule has 0 radical (unpaired) electrons. The molecule has 0 aromatic carbocycles. The summed E-state index contributed by atoms with van der Waals surface area (Å²) >= 11 is 1.76. The van der Waals surface area contributed by atoms with Crippen molar-refractivity contribution in [2.45, 2.75) is 37.6 Å². The van der Waals surface area contributed by atoms with Gasteiger partial charge in [0.1, 0.15) is 5.60 Å². The van der Waals surface area contributed by atoms with Gasteiger partial charge in [-0.25, -0.2) is 0 Å². The molecule has 1 spiro atoms. The van der Waals surface area contributed by atoms with Crippen molar-refractivity contribution < 1.29 is 9.47 Å². The van der Waals surface area contributed by atoms with Gasteiger partial charge in [0.15, 0.2) is 0 Å². The summed E-state index contributed by atoms with van der Waals surface area (Å²) in [4.78, 5) is 2.48. The fourth-order valence-electron chi connectivity index (χ4n) is 3.62. The van der Waals surface area contributed by atoms with Crippen LogP contribution < -0.4 is 0 Å². The van der Waals surface area contributed by atoms with Gasteiger partial charge in [0, 0.05) is 32.0 Å². The van der Waals surface area contributed by atoms with E-state index in [0.717, 1.165) is 45.6 Å². The van der Waals surface area contributed by atoms with E-state index in [1.165, 1.54) is 5.56 Å². The first-order valence-corrected chi connectivity index (χ1v) is 9.22. The van der Waals surface area contributed by atoms with Gasteiger partial charge in [0.2, 0.25) is 0 Å². The standard InChI is InChI=1S/C17H23N3O2S/c1-5-18-20(6-1)11-16-2-4-17(22-16)13-19(7-8-21-14-17)10-15-3-9-23-12-15/h1,3,5-6,9,12,16H,2,4,7-8,10-11,13-14H2/t16-,17-/m0/s1. The van der Waals surface area contributed by atoms with E-state index in [1.54, 1.807) is 11.3 Å². The third kappa shape index (κ3) is 3.66. The topological polar surface area (TPSA) is 39.5 Å². The molecule has 2 aromatic rings. The quantitative estimate of drug-likeness (QED) is 0.861. The van der Waals surface area contributed by atoms with Gasteiger partial charge in [0.05, 0.1) is 25.9 Å². The Morgan fingerprint density at radius 1 is 1.43 bits per heavy atom. The molecule has 4 heterocycles. The third-order valence-electron chi connectivity index (χ3n) is 4.70. The molecule has 2 aliphatic rings. The molecule has 4 rings (SSSR count). The molecule has 0 saturated carbocycles. The van der Waals surface area contributed by atoms with Crippen molar-refractivity contribution in [1.29, 1.82) is 0 Å². The van der Waals surface area contributed by atoms with Crippen LogP contribution in [0.5, 0.6) is 0 Å². The van der Waals surface area contributed by atoms with Gasteiger partial charge in [0.25, 0.3) is 0 Å². The van der Waals surface area contributed by atoms with E-state index in [1.807, 2.05) is 23.1 Å². The summed E-state index contributed by atoms with van der Waals surface area (Å²) in [5, 5.41) is 8.67. The predicted octanol–water partition coefficient (Wildman–Crippen LogP) is 2.39. The van der Waals surface area contributed by atoms with Crippen LogP contribution in [0.4, 0.5) is 0 Å². The molecule has 0 N–H and O–H groups in total. The Labute approximate surface area is 140 Å². The lowest BCUT2D eigenvalue weighted by molar-refractivity contribution is -0.0904. The fraction of sp³-hybridized carbons (Fsp3) is 0.588. The van der Waals surface area contributed by atoms with Crippen molar-refractivity contribution in [3.63, 3.8) is 0 Å². The molecular weight excluding hydrogens is 310 g/mol. The number of aromatic nitrogens is 2. The lowest BCUT2D eigenvalue weighted by atomic mass is 10.00. The van der Waals surface area contributed by atoms with Crippen molar-refractivity contribution in [1.82, 2.24) is 14.7 Å². The number of rotatable bonds is 4. The van der Waals surface area contributed by atoms with Gasteiger partial charge >= 0.3 is 0 Å². The molecule has 6 heteroatoms. The summed E-state index contributed by atoms with van der Waals surface area (Å²) in [6.45, 7) is 5.26. The summed E-state index contributed by atoms with van der Waals surface area (Å²) in [6.07, 6.45) is 6.21. The maximum atomic E-state index is 6.47. The molecule has 2 atom stereocenters. The zero-order valence-electron chi connectivity index (χ0n) is 13.3. The van der Waals surface area contributed by atoms with Crippen molar-refractivity contribution in [3.8, 4) is 0 Å². The largest absolute Gasteiger partial charge is 0.377 e. The Morgan fingerprint density at radius 3 is 3.26 bits per heavy atom. The van der Waals surface area contributed by atoms with Crippen molar-refractivity contribution in [2.75, 3.05) is 26.3 Å². The van der Waals surface area contributed by atoms with Crippen molar-refractivity contribution in [2.24, 2.45) is 0 Å². The highest BCUT2D eigenvalue weighted by Gasteiger charge is 2.43. The van der Waals surface area contributed by atoms with E-state index in [-0.39, 0.29) is 11.7 Å². The van der Waals surface area contributed by atoms with E-state index in [9.17, 15) is 0 Å². The van der Waals surface area contributed by atoms with Crippen LogP contribution in [0, 0.1) is 0 Å². The highest BCUT2D eigenvalue weighted by Crippen LogP contribution is 2.34. The molecule has 2 aliphatic heterocycles. The molecule has 0 bridgehead atoms. The van der Waals surface area contributed by atoms with E-state index >= 15 is 0 Å². The maximum absolute atomic E-state index is 6.47. The lowest BCUT2D eigenvalue weighted by Crippen LogP contribution is -2.44. The third-order valence-corrected chi connectivity index (χ3v) is 5.44. The minimum absolute atomic E-state index is 0.148. The zero-order chi connectivity index (χ0) is 15.5. The molecule has 0 aliphatic carbocycles. The second-order valence-electron chi connectivity index (χ2n) is 6.58. The number of thiophene rings is 1. The van der Waals surface area contributed by atoms with Crippen LogP contribution in [0.1, 0.15) is 18.4 Å². The van der Waals surface area contributed by atoms with Gasteiger partial charge in [-0.15, -0.1) is 0 Å². The molecule has 5 nitrogen and oxygen atoms in total. The average Bonchev–Trinajstić information content (AvgIpc) is 3.25. The minimum atomic E-state index is -0.148. The summed E-state index contributed by atoms with van der Waals surface area (Å²) < 4.78 is 14.3. The first-order chi connectivity index (χ1) is 11.3. The summed E-state index contributed by atoms with van der Waals surface area (Å²) in [6, 6.07) is 4.17. The highest BCUT2D eigenvalue weighted by atomic mass is 32.1. The Bertz CT molecular complexity index is 601. The first-order valence-electron chi connectivity index (χ1n) is 8.28. The minimum Gasteiger partial charge on any atom is -0.377 e. The van der Waals surface area contributed by atoms with Gasteiger partial charge in [-0.2, -0.15) is 16.4 Å². The lowest BCUT2D eigenvalue weighted by Gasteiger charge is -2.31. The van der Waals surface area contributed by atoms with E-state index < -0.39 is 0 Å². The predicted molar refractivity (Wildman–Crippen MR) is 89.5 cm³/mol. The highest BCUT2D eigenvalue weighted by molar-refractivity contribution is 7.07. The maximum Gasteiger partial charge on any atom is 0.105 e. The molecule has 23 heavy (non-hydrogen) atoms. The van der Waals surface area contributed by atoms with Crippen molar-refractivity contribution in [3.05, 3.63) is 40.8 Å². The zero-order valence-corrected chi connectivity index (χ0v) is 14.1. The number of nitrogens with zero attached hydrogens (tertiary/aromatic N) is 3. The van der Waals surface area contributed by atoms with Crippen LogP contribution in [0.2, 0.25) is 0 Å². The summed E-state index contributed by atoms with van der Waals surface area (Å²) in [7, 11) is 0. The smallest absolute Gasteiger partial charge is 0.105 e. The Kier molecular flexibility index (Phi) is 4.48. The molecule has 2 fully saturated rings. The number of hydrogen-bond acceptors (Lipinski definition) is 5. The van der Waals surface area contributed by atoms with Gasteiger partial charge < -0.3 is 9.47 Å². The molecular formula is C17H23N3O2S. The Balaban J connectivity index is 1.40. The van der Waals surface area contributed by atoms with Gasteiger partial charge in [-0.05, 0) is 41.3 Å². The Morgan fingerprint density at radius 2 is 2.43 bits per heavy atom. The van der Waals surface area contributed by atoms with Crippen LogP contribution >= 0.6 is 11.3 Å². The van der Waals surface area contributed by atoms with Crippen LogP contribution in [-0.4, -0.2) is 52.7 Å². The fourth-order valence-corrected chi connectivity index (χ4v) is 4.28. The monoisotopic (exact) mass is 333 g/mol. The average molecular weight is 333 g/mol. The molecule has 2 aromatic heterocycles. The molecule has 0 amide bonds. The number of hydrogen-bond donors (Lipinski definition) is 0. The van der Waals surface area contributed by atoms with Gasteiger partial charge in [-0.1, -0.05) is 0 Å². The second kappa shape index (κ2) is 6.73. The molecule has 0 unspecified atom stereocenters. The van der Waals surface area contributed by atoms with Crippen LogP contribution in [0.3, 0.4) is 0 Å². The Hall–Kier alpha value is -1.21. The first kappa shape index (κ1) is 15.3. The normalized spacial score (nSPS) is 29.1. The van der Waals surface area contributed by atoms with E-state index in [0.29, 0.717) is 6.61 Å². The van der Waals surface area contributed by atoms with Crippen LogP contribution in [-0.2, 0) is 22.6 Å². The summed E-state index contributed by atoms with van der Waals surface area (Å²) in [5.74, 6) is 0. The van der Waals surface area contributed by atoms with Crippen LogP contribution in [0.15, 0.2) is 35.3 Å². The van der Waals surface area contributed by atoms with Crippen LogP contribution in [0.25, 0.3) is 0 Å². The van der Waals surface area contributed by atoms with Crippen molar-refractivity contribution >= 4 is 11.3 Å². The van der Waals surface area contributed by atoms with Gasteiger partial charge in [-0.3, -0.25) is 9.58 Å². The second-order valence-corrected chi connectivity index (χ2v) is 7.36.